The summed E-state index contributed by atoms with van der Waals surface area (Å²) in [7, 11) is 0. The van der Waals surface area contributed by atoms with Crippen LogP contribution in [-0.2, 0) is 4.79 Å². The van der Waals surface area contributed by atoms with E-state index in [2.05, 4.69) is 52.6 Å². The van der Waals surface area contributed by atoms with Gasteiger partial charge in [0.1, 0.15) is 6.04 Å². The molecular weight excluding hydrogens is 476 g/mol. The normalized spacial score (nSPS) is 14.3. The van der Waals surface area contributed by atoms with E-state index in [0.29, 0.717) is 34.3 Å². The molecular formula is C29H28N8O. The van der Waals surface area contributed by atoms with Gasteiger partial charge in [0.15, 0.2) is 5.82 Å². The predicted octanol–water partition coefficient (Wildman–Crippen LogP) is 4.99. The fourth-order valence-corrected chi connectivity index (χ4v) is 4.66. The van der Waals surface area contributed by atoms with Gasteiger partial charge in [-0.2, -0.15) is 10.2 Å². The van der Waals surface area contributed by atoms with Gasteiger partial charge in [-0.25, -0.2) is 4.68 Å². The van der Waals surface area contributed by atoms with Crippen molar-refractivity contribution in [1.29, 1.82) is 5.26 Å². The van der Waals surface area contributed by atoms with E-state index in [1.54, 1.807) is 41.3 Å². The van der Waals surface area contributed by atoms with E-state index >= 15 is 0 Å². The maximum atomic E-state index is 13.6. The van der Waals surface area contributed by atoms with Crippen molar-refractivity contribution < 1.29 is 4.79 Å². The number of anilines is 3. The number of hydrogen-bond donors (Lipinski definition) is 2. The molecule has 1 amide bonds. The summed E-state index contributed by atoms with van der Waals surface area (Å²) < 4.78 is 1.74. The van der Waals surface area contributed by atoms with Gasteiger partial charge in [-0.1, -0.05) is 12.1 Å². The minimum absolute atomic E-state index is 0.274. The Bertz CT molecular complexity index is 1510. The second kappa shape index (κ2) is 10.6. The Hall–Kier alpha value is -4.97. The van der Waals surface area contributed by atoms with Crippen molar-refractivity contribution in [2.45, 2.75) is 26.8 Å². The molecule has 1 unspecified atom stereocenters. The van der Waals surface area contributed by atoms with Crippen molar-refractivity contribution in [3.8, 4) is 17.5 Å². The number of benzene rings is 2. The number of hydrogen-bond acceptors (Lipinski definition) is 7. The standard InChI is InChI=1S/C29H28N8O/c1-4-36(5-2)24-14-12-22(13-15-24)27-34-29-32-19(3)25(28(38)33-23-7-6-16-31-18-23)26(37(29)35-27)21-10-8-20(17-30)9-11-21/h6-16,18,26H,4-5H2,1-3H3,(H,33,38)(H,32,34,35). The zero-order valence-corrected chi connectivity index (χ0v) is 21.5. The van der Waals surface area contributed by atoms with Gasteiger partial charge < -0.3 is 15.5 Å². The number of amides is 1. The van der Waals surface area contributed by atoms with Crippen molar-refractivity contribution in [2.24, 2.45) is 0 Å². The smallest absolute Gasteiger partial charge is 0.255 e. The molecule has 0 saturated carbocycles. The molecule has 5 rings (SSSR count). The summed E-state index contributed by atoms with van der Waals surface area (Å²) in [5.41, 5.74) is 5.14. The molecule has 0 spiro atoms. The highest BCUT2D eigenvalue weighted by Gasteiger charge is 2.34. The van der Waals surface area contributed by atoms with Gasteiger partial charge in [-0.3, -0.25) is 9.78 Å². The van der Waals surface area contributed by atoms with Gasteiger partial charge in [0.05, 0.1) is 29.1 Å². The molecule has 9 nitrogen and oxygen atoms in total. The van der Waals surface area contributed by atoms with Gasteiger partial charge in [-0.15, -0.1) is 5.10 Å². The number of aromatic nitrogens is 4. The predicted molar refractivity (Wildman–Crippen MR) is 148 cm³/mol. The molecule has 4 aromatic rings. The second-order valence-corrected chi connectivity index (χ2v) is 8.92. The van der Waals surface area contributed by atoms with E-state index in [4.69, 9.17) is 10.1 Å². The van der Waals surface area contributed by atoms with Crippen LogP contribution in [0.1, 0.15) is 37.9 Å². The molecule has 3 heterocycles. The van der Waals surface area contributed by atoms with Crippen LogP contribution in [0, 0.1) is 11.3 Å². The van der Waals surface area contributed by atoms with Crippen LogP contribution in [0.4, 0.5) is 17.3 Å². The number of allylic oxidation sites excluding steroid dienone is 1. The van der Waals surface area contributed by atoms with Crippen LogP contribution in [0.2, 0.25) is 0 Å². The van der Waals surface area contributed by atoms with Crippen LogP contribution in [0.3, 0.4) is 0 Å². The molecule has 1 aliphatic heterocycles. The molecule has 190 valence electrons. The summed E-state index contributed by atoms with van der Waals surface area (Å²) in [6.45, 7) is 7.98. The van der Waals surface area contributed by atoms with E-state index in [0.717, 1.165) is 29.9 Å². The number of nitriles is 1. The Kier molecular flexibility index (Phi) is 6.87. The Labute approximate surface area is 221 Å². The van der Waals surface area contributed by atoms with Gasteiger partial charge in [0.25, 0.3) is 5.91 Å². The molecule has 2 aromatic heterocycles. The maximum absolute atomic E-state index is 13.6. The SMILES string of the molecule is CCN(CC)c1ccc(-c2nc3n(n2)C(c2ccc(C#N)cc2)C(C(=O)Nc2cccnc2)=C(C)N3)cc1. The summed E-state index contributed by atoms with van der Waals surface area (Å²) >= 11 is 0. The fraction of sp³-hybridized carbons (Fsp3) is 0.207. The first-order valence-corrected chi connectivity index (χ1v) is 12.5. The van der Waals surface area contributed by atoms with Crippen LogP contribution < -0.4 is 15.5 Å². The Balaban J connectivity index is 1.55. The highest BCUT2D eigenvalue weighted by Crippen LogP contribution is 2.37. The third-order valence-electron chi connectivity index (χ3n) is 6.63. The molecule has 0 bridgehead atoms. The molecule has 1 aliphatic rings. The van der Waals surface area contributed by atoms with E-state index < -0.39 is 6.04 Å². The fourth-order valence-electron chi connectivity index (χ4n) is 4.66. The van der Waals surface area contributed by atoms with Crippen molar-refractivity contribution in [3.63, 3.8) is 0 Å². The van der Waals surface area contributed by atoms with Crippen LogP contribution in [0.5, 0.6) is 0 Å². The number of rotatable bonds is 7. The monoisotopic (exact) mass is 504 g/mol. The third-order valence-corrected chi connectivity index (χ3v) is 6.63. The van der Waals surface area contributed by atoms with Crippen molar-refractivity contribution >= 4 is 23.2 Å². The number of pyridine rings is 1. The van der Waals surface area contributed by atoms with E-state index in [-0.39, 0.29) is 5.91 Å². The molecule has 0 saturated heterocycles. The third kappa shape index (κ3) is 4.72. The van der Waals surface area contributed by atoms with E-state index in [1.807, 2.05) is 31.2 Å². The lowest BCUT2D eigenvalue weighted by Crippen LogP contribution is -2.31. The number of nitrogens with zero attached hydrogens (tertiary/aromatic N) is 6. The molecule has 0 aliphatic carbocycles. The van der Waals surface area contributed by atoms with Crippen LogP contribution in [0.25, 0.3) is 11.4 Å². The molecule has 2 N–H and O–H groups in total. The molecule has 0 fully saturated rings. The lowest BCUT2D eigenvalue weighted by Gasteiger charge is -2.28. The van der Waals surface area contributed by atoms with Crippen LogP contribution >= 0.6 is 0 Å². The first-order chi connectivity index (χ1) is 18.5. The number of nitrogens with one attached hydrogen (secondary N) is 2. The highest BCUT2D eigenvalue weighted by atomic mass is 16.1. The van der Waals surface area contributed by atoms with Crippen molar-refractivity contribution in [3.05, 3.63) is 95.5 Å². The Morgan fingerprint density at radius 1 is 1.11 bits per heavy atom. The zero-order valence-electron chi connectivity index (χ0n) is 21.5. The van der Waals surface area contributed by atoms with Crippen LogP contribution in [0.15, 0.2) is 84.3 Å². The number of carbonyl (C=O) groups excluding carboxylic acids is 1. The Morgan fingerprint density at radius 3 is 2.47 bits per heavy atom. The molecule has 1 atom stereocenters. The van der Waals surface area contributed by atoms with Gasteiger partial charge in [0.2, 0.25) is 5.95 Å². The first kappa shape index (κ1) is 24.7. The molecule has 9 heteroatoms. The first-order valence-electron chi connectivity index (χ1n) is 12.5. The Morgan fingerprint density at radius 2 is 1.84 bits per heavy atom. The molecule has 0 radical (unpaired) electrons. The summed E-state index contributed by atoms with van der Waals surface area (Å²) in [5, 5.41) is 20.3. The van der Waals surface area contributed by atoms with Crippen molar-refractivity contribution in [1.82, 2.24) is 19.7 Å². The minimum Gasteiger partial charge on any atom is -0.372 e. The molecule has 38 heavy (non-hydrogen) atoms. The van der Waals surface area contributed by atoms with E-state index in [9.17, 15) is 10.1 Å². The average molecular weight is 505 g/mol. The van der Waals surface area contributed by atoms with Gasteiger partial charge >= 0.3 is 0 Å². The van der Waals surface area contributed by atoms with Crippen LogP contribution in [-0.4, -0.2) is 38.7 Å². The van der Waals surface area contributed by atoms with Gasteiger partial charge in [0, 0.05) is 36.2 Å². The highest BCUT2D eigenvalue weighted by molar-refractivity contribution is 6.06. The molecule has 2 aromatic carbocycles. The number of carbonyl (C=O) groups is 1. The summed E-state index contributed by atoms with van der Waals surface area (Å²) in [4.78, 5) is 24.7. The average Bonchev–Trinajstić information content (AvgIpc) is 3.37. The van der Waals surface area contributed by atoms with Crippen molar-refractivity contribution in [2.75, 3.05) is 28.6 Å². The lowest BCUT2D eigenvalue weighted by molar-refractivity contribution is -0.113. The quantitative estimate of drug-likeness (QED) is 0.365. The largest absolute Gasteiger partial charge is 0.372 e. The minimum atomic E-state index is -0.549. The summed E-state index contributed by atoms with van der Waals surface area (Å²) in [6.07, 6.45) is 3.25. The summed E-state index contributed by atoms with van der Waals surface area (Å²) in [5.74, 6) is 0.820. The zero-order chi connectivity index (χ0) is 26.6. The number of fused-ring (bicyclic) bond motifs is 1. The maximum Gasteiger partial charge on any atom is 0.255 e. The summed E-state index contributed by atoms with van der Waals surface area (Å²) in [6, 6.07) is 20.5. The van der Waals surface area contributed by atoms with Gasteiger partial charge in [-0.05, 0) is 74.9 Å². The topological polar surface area (TPSA) is 112 Å². The van der Waals surface area contributed by atoms with E-state index in [1.165, 1.54) is 0 Å². The lowest BCUT2D eigenvalue weighted by atomic mass is 9.94. The second-order valence-electron chi connectivity index (χ2n) is 8.92.